The van der Waals surface area contributed by atoms with Crippen LogP contribution in [0.1, 0.15) is 26.7 Å². The lowest BCUT2D eigenvalue weighted by atomic mass is 10.3. The van der Waals surface area contributed by atoms with E-state index in [-0.39, 0.29) is 24.8 Å². The lowest BCUT2D eigenvalue weighted by molar-refractivity contribution is -0.143. The summed E-state index contributed by atoms with van der Waals surface area (Å²) < 4.78 is 9.75. The van der Waals surface area contributed by atoms with Crippen molar-refractivity contribution in [3.05, 3.63) is 0 Å². The van der Waals surface area contributed by atoms with Gasteiger partial charge in [0, 0.05) is 13.1 Å². The van der Waals surface area contributed by atoms with Gasteiger partial charge in [-0.25, -0.2) is 0 Å². The normalized spacial score (nSPS) is 11.5. The fourth-order valence-corrected chi connectivity index (χ4v) is 2.92. The third kappa shape index (κ3) is 13.4. The molecule has 0 atom stereocenters. The highest BCUT2D eigenvalue weighted by Crippen LogP contribution is 2.25. The molecule has 0 aromatic carbocycles. The summed E-state index contributed by atoms with van der Waals surface area (Å²) in [6.45, 7) is 5.67. The second kappa shape index (κ2) is 11.5. The highest BCUT2D eigenvalue weighted by atomic mass is 35.8. The van der Waals surface area contributed by atoms with Gasteiger partial charge in [-0.2, -0.15) is 0 Å². The molecule has 0 radical (unpaired) electrons. The van der Waals surface area contributed by atoms with Gasteiger partial charge in [-0.15, -0.1) is 33.2 Å². The number of esters is 2. The van der Waals surface area contributed by atoms with Crippen LogP contribution in [0.25, 0.3) is 0 Å². The largest absolute Gasteiger partial charge is 0.466 e. The van der Waals surface area contributed by atoms with E-state index < -0.39 is 6.00 Å². The summed E-state index contributed by atoms with van der Waals surface area (Å²) in [6, 6.07) is -2.27. The van der Waals surface area contributed by atoms with Crippen LogP contribution in [0.15, 0.2) is 0 Å². The molecule has 0 aliphatic carbocycles. The van der Waals surface area contributed by atoms with Gasteiger partial charge in [-0.3, -0.25) is 9.59 Å². The molecule has 5 nitrogen and oxygen atoms in total. The fraction of sp³-hybridized carbons (Fsp3) is 0.833. The Hall–Kier alpha value is -0.0131. The van der Waals surface area contributed by atoms with Crippen molar-refractivity contribution in [3.63, 3.8) is 0 Å². The van der Waals surface area contributed by atoms with Crippen LogP contribution in [0.3, 0.4) is 0 Å². The van der Waals surface area contributed by atoms with E-state index in [1.807, 2.05) is 4.90 Å². The number of halogens is 3. The van der Waals surface area contributed by atoms with Crippen molar-refractivity contribution in [2.45, 2.75) is 32.7 Å². The van der Waals surface area contributed by atoms with Crippen LogP contribution in [-0.2, 0) is 19.1 Å². The van der Waals surface area contributed by atoms with Crippen LogP contribution in [0.2, 0.25) is 6.04 Å². The standard InChI is InChI=1S/C12H22Cl3NO4Si/c1-3-19-11(17)5-7-16(9-10-21(13,14)15)8-6-12(18)20-4-2/h3-10H2,1-2H3. The molecule has 21 heavy (non-hydrogen) atoms. The Balaban J connectivity index is 4.26. The van der Waals surface area contributed by atoms with Crippen LogP contribution >= 0.6 is 33.2 Å². The predicted octanol–water partition coefficient (Wildman–Crippen LogP) is 2.85. The number of carbonyl (C=O) groups is 2. The molecule has 0 aliphatic heterocycles. The molecule has 0 bridgehead atoms. The molecule has 0 amide bonds. The van der Waals surface area contributed by atoms with E-state index in [0.29, 0.717) is 38.9 Å². The second-order valence-corrected chi connectivity index (χ2v) is 13.6. The number of carbonyl (C=O) groups excluding carboxylic acids is 2. The Labute approximate surface area is 140 Å². The fourth-order valence-electron chi connectivity index (χ4n) is 1.59. The molecular weight excluding hydrogens is 357 g/mol. The first-order valence-electron chi connectivity index (χ1n) is 6.88. The zero-order valence-corrected chi connectivity index (χ0v) is 15.6. The molecule has 0 aromatic rings. The minimum atomic E-state index is -2.72. The first-order valence-corrected chi connectivity index (χ1v) is 12.1. The molecule has 124 valence electrons. The Morgan fingerprint density at radius 2 is 1.33 bits per heavy atom. The van der Waals surface area contributed by atoms with Crippen LogP contribution in [0.5, 0.6) is 0 Å². The molecule has 0 saturated heterocycles. The molecule has 0 fully saturated rings. The molecular formula is C12H22Cl3NO4Si. The lowest BCUT2D eigenvalue weighted by Gasteiger charge is -2.22. The number of hydrogen-bond acceptors (Lipinski definition) is 5. The van der Waals surface area contributed by atoms with Crippen molar-refractivity contribution >= 4 is 51.2 Å². The maximum absolute atomic E-state index is 11.4. The number of hydrogen-bond donors (Lipinski definition) is 0. The molecule has 0 N–H and O–H groups in total. The minimum absolute atomic E-state index is 0.248. The van der Waals surface area contributed by atoms with Crippen molar-refractivity contribution in [2.75, 3.05) is 32.8 Å². The van der Waals surface area contributed by atoms with Gasteiger partial charge in [-0.05, 0) is 26.4 Å². The lowest BCUT2D eigenvalue weighted by Crippen LogP contribution is -2.33. The summed E-state index contributed by atoms with van der Waals surface area (Å²) in [6.07, 6.45) is 0.496. The van der Waals surface area contributed by atoms with E-state index in [2.05, 4.69) is 0 Å². The second-order valence-electron chi connectivity index (χ2n) is 4.32. The summed E-state index contributed by atoms with van der Waals surface area (Å²) in [5.41, 5.74) is 0. The van der Waals surface area contributed by atoms with Crippen molar-refractivity contribution < 1.29 is 19.1 Å². The van der Waals surface area contributed by atoms with E-state index in [1.54, 1.807) is 13.8 Å². The maximum Gasteiger partial charge on any atom is 0.342 e. The van der Waals surface area contributed by atoms with Crippen molar-refractivity contribution in [2.24, 2.45) is 0 Å². The Bertz CT molecular complexity index is 304. The third-order valence-electron chi connectivity index (χ3n) is 2.59. The highest BCUT2D eigenvalue weighted by molar-refractivity contribution is 7.64. The summed E-state index contributed by atoms with van der Waals surface area (Å²) in [7, 11) is 0. The van der Waals surface area contributed by atoms with Gasteiger partial charge in [0.15, 0.2) is 0 Å². The minimum Gasteiger partial charge on any atom is -0.466 e. The summed E-state index contributed by atoms with van der Waals surface area (Å²) in [5, 5.41) is 0. The first kappa shape index (κ1) is 21.0. The predicted molar refractivity (Wildman–Crippen MR) is 87.1 cm³/mol. The van der Waals surface area contributed by atoms with Gasteiger partial charge in [-0.1, -0.05) is 0 Å². The summed E-state index contributed by atoms with van der Waals surface area (Å²) >= 11 is 17.6. The summed E-state index contributed by atoms with van der Waals surface area (Å²) in [5.74, 6) is -0.547. The smallest absolute Gasteiger partial charge is 0.342 e. The average Bonchev–Trinajstić information content (AvgIpc) is 2.37. The quantitative estimate of drug-likeness (QED) is 0.314. The Morgan fingerprint density at radius 3 is 1.67 bits per heavy atom. The van der Waals surface area contributed by atoms with E-state index in [0.717, 1.165) is 0 Å². The van der Waals surface area contributed by atoms with Crippen molar-refractivity contribution in [1.29, 1.82) is 0 Å². The average molecular weight is 379 g/mol. The van der Waals surface area contributed by atoms with Crippen LogP contribution in [0.4, 0.5) is 0 Å². The van der Waals surface area contributed by atoms with E-state index >= 15 is 0 Å². The van der Waals surface area contributed by atoms with Gasteiger partial charge < -0.3 is 14.4 Å². The van der Waals surface area contributed by atoms with Gasteiger partial charge in [0.2, 0.25) is 0 Å². The topological polar surface area (TPSA) is 55.8 Å². The first-order chi connectivity index (χ1) is 9.78. The Morgan fingerprint density at radius 1 is 0.905 bits per heavy atom. The molecule has 0 spiro atoms. The van der Waals surface area contributed by atoms with Gasteiger partial charge in [0.1, 0.15) is 0 Å². The SMILES string of the molecule is CCOC(=O)CCN(CCC(=O)OCC)CC[Si](Cl)(Cl)Cl. The zero-order chi connectivity index (χ0) is 16.3. The molecule has 0 saturated carbocycles. The monoisotopic (exact) mass is 377 g/mol. The van der Waals surface area contributed by atoms with E-state index in [4.69, 9.17) is 42.7 Å². The number of ether oxygens (including phenoxy) is 2. The van der Waals surface area contributed by atoms with E-state index in [9.17, 15) is 9.59 Å². The number of rotatable bonds is 11. The molecule has 0 heterocycles. The molecule has 0 unspecified atom stereocenters. The van der Waals surface area contributed by atoms with Crippen LogP contribution in [-0.4, -0.2) is 55.7 Å². The summed E-state index contributed by atoms with van der Waals surface area (Å²) in [4.78, 5) is 24.7. The van der Waals surface area contributed by atoms with Gasteiger partial charge >= 0.3 is 17.9 Å². The highest BCUT2D eigenvalue weighted by Gasteiger charge is 2.26. The molecule has 0 rings (SSSR count). The van der Waals surface area contributed by atoms with Crippen LogP contribution < -0.4 is 0 Å². The molecule has 9 heteroatoms. The zero-order valence-electron chi connectivity index (χ0n) is 12.4. The maximum atomic E-state index is 11.4. The third-order valence-corrected chi connectivity index (χ3v) is 5.08. The van der Waals surface area contributed by atoms with E-state index in [1.165, 1.54) is 0 Å². The van der Waals surface area contributed by atoms with Crippen molar-refractivity contribution in [1.82, 2.24) is 4.90 Å². The van der Waals surface area contributed by atoms with Crippen LogP contribution in [0, 0.1) is 0 Å². The molecule has 0 aliphatic rings. The van der Waals surface area contributed by atoms with Gasteiger partial charge in [0.05, 0.1) is 26.1 Å². The van der Waals surface area contributed by atoms with Crippen molar-refractivity contribution in [3.8, 4) is 0 Å². The Kier molecular flexibility index (Phi) is 11.5. The molecule has 0 aromatic heterocycles. The number of nitrogens with zero attached hydrogens (tertiary/aromatic N) is 1. The van der Waals surface area contributed by atoms with Gasteiger partial charge in [0.25, 0.3) is 0 Å².